The number of aryl methyl sites for hydroxylation is 2. The van der Waals surface area contributed by atoms with E-state index in [1.807, 2.05) is 80.6 Å². The largest absolute Gasteiger partial charge is 0.352 e. The zero-order chi connectivity index (χ0) is 31.8. The highest BCUT2D eigenvalue weighted by molar-refractivity contribution is 7.92. The Morgan fingerprint density at radius 2 is 1.36 bits per heavy atom. The van der Waals surface area contributed by atoms with E-state index >= 15 is 0 Å². The molecule has 4 aromatic rings. The lowest BCUT2D eigenvalue weighted by atomic mass is 10.0. The van der Waals surface area contributed by atoms with Gasteiger partial charge in [-0.1, -0.05) is 104 Å². The topological polar surface area (TPSA) is 86.8 Å². The van der Waals surface area contributed by atoms with Crippen molar-refractivity contribution in [3.63, 3.8) is 0 Å². The number of nitrogens with one attached hydrogen (secondary N) is 1. The number of benzene rings is 4. The highest BCUT2D eigenvalue weighted by atomic mass is 32.2. The molecule has 4 aromatic carbocycles. The maximum absolute atomic E-state index is 14.6. The first-order valence-electron chi connectivity index (χ1n) is 15.6. The van der Waals surface area contributed by atoms with Gasteiger partial charge in [-0.05, 0) is 67.1 Å². The number of anilines is 1. The molecule has 1 aliphatic rings. The molecule has 1 N–H and O–H groups in total. The molecule has 0 aromatic heterocycles. The Morgan fingerprint density at radius 3 is 2.00 bits per heavy atom. The molecule has 0 saturated heterocycles. The maximum atomic E-state index is 14.6. The lowest BCUT2D eigenvalue weighted by molar-refractivity contribution is -0.140. The van der Waals surface area contributed by atoms with Gasteiger partial charge in [0.25, 0.3) is 10.0 Å². The van der Waals surface area contributed by atoms with Gasteiger partial charge in [-0.25, -0.2) is 8.42 Å². The second-order valence-corrected chi connectivity index (χ2v) is 13.6. The van der Waals surface area contributed by atoms with E-state index in [-0.39, 0.29) is 23.4 Å². The van der Waals surface area contributed by atoms with Crippen LogP contribution in [0.5, 0.6) is 0 Å². The van der Waals surface area contributed by atoms with Crippen molar-refractivity contribution in [1.29, 1.82) is 0 Å². The Bertz CT molecular complexity index is 1700. The van der Waals surface area contributed by atoms with Gasteiger partial charge in [-0.3, -0.25) is 13.9 Å². The number of sulfonamides is 1. The van der Waals surface area contributed by atoms with Gasteiger partial charge < -0.3 is 10.2 Å². The van der Waals surface area contributed by atoms with Crippen LogP contribution in [0.3, 0.4) is 0 Å². The molecule has 0 radical (unpaired) electrons. The highest BCUT2D eigenvalue weighted by Gasteiger charge is 2.36. The minimum absolute atomic E-state index is 0.0631. The summed E-state index contributed by atoms with van der Waals surface area (Å²) in [4.78, 5) is 30.4. The van der Waals surface area contributed by atoms with E-state index in [9.17, 15) is 18.0 Å². The van der Waals surface area contributed by atoms with Crippen molar-refractivity contribution >= 4 is 27.5 Å². The predicted molar refractivity (Wildman–Crippen MR) is 178 cm³/mol. The quantitative estimate of drug-likeness (QED) is 0.204. The number of hydrogen-bond acceptors (Lipinski definition) is 4. The van der Waals surface area contributed by atoms with E-state index < -0.39 is 28.5 Å². The number of hydrogen-bond donors (Lipinski definition) is 1. The summed E-state index contributed by atoms with van der Waals surface area (Å²) >= 11 is 0. The first-order chi connectivity index (χ1) is 21.7. The van der Waals surface area contributed by atoms with Crippen molar-refractivity contribution in [3.8, 4) is 0 Å². The van der Waals surface area contributed by atoms with Crippen LogP contribution in [0.4, 0.5) is 5.69 Å². The van der Waals surface area contributed by atoms with E-state index in [1.54, 1.807) is 35.2 Å². The van der Waals surface area contributed by atoms with Crippen LogP contribution in [0.15, 0.2) is 114 Å². The summed E-state index contributed by atoms with van der Waals surface area (Å²) in [5.74, 6) is -0.676. The summed E-state index contributed by atoms with van der Waals surface area (Å²) in [7, 11) is -4.12. The molecule has 1 fully saturated rings. The summed E-state index contributed by atoms with van der Waals surface area (Å²) in [6.07, 6.45) is 4.23. The van der Waals surface area contributed by atoms with Crippen molar-refractivity contribution in [2.45, 2.75) is 69.5 Å². The van der Waals surface area contributed by atoms with Crippen LogP contribution < -0.4 is 9.62 Å². The lowest BCUT2D eigenvalue weighted by Crippen LogP contribution is -2.54. The van der Waals surface area contributed by atoms with E-state index in [2.05, 4.69) is 5.32 Å². The van der Waals surface area contributed by atoms with Gasteiger partial charge in [0.1, 0.15) is 12.6 Å². The van der Waals surface area contributed by atoms with Gasteiger partial charge in [0.15, 0.2) is 0 Å². The normalized spacial score (nSPS) is 14.1. The SMILES string of the molecule is Cc1ccccc1CN(C(=O)CN(c1ccccc1C)S(=O)(=O)c1ccccc1)[C@H](Cc1ccccc1)C(=O)NC1CCCC1. The molecule has 2 amide bonds. The minimum atomic E-state index is -4.12. The number of nitrogens with zero attached hydrogens (tertiary/aromatic N) is 2. The molecule has 0 heterocycles. The number of amides is 2. The highest BCUT2D eigenvalue weighted by Crippen LogP contribution is 2.28. The van der Waals surface area contributed by atoms with Crippen molar-refractivity contribution in [2.24, 2.45) is 0 Å². The smallest absolute Gasteiger partial charge is 0.264 e. The zero-order valence-electron chi connectivity index (χ0n) is 25.9. The second kappa shape index (κ2) is 14.6. The Kier molecular flexibility index (Phi) is 10.4. The Morgan fingerprint density at radius 1 is 0.778 bits per heavy atom. The predicted octanol–water partition coefficient (Wildman–Crippen LogP) is 6.20. The van der Waals surface area contributed by atoms with Gasteiger partial charge in [0.05, 0.1) is 10.6 Å². The molecule has 8 heteroatoms. The van der Waals surface area contributed by atoms with Crippen LogP contribution in [0.1, 0.15) is 47.9 Å². The average molecular weight is 624 g/mol. The maximum Gasteiger partial charge on any atom is 0.264 e. The number of para-hydroxylation sites is 1. The summed E-state index contributed by atoms with van der Waals surface area (Å²) < 4.78 is 29.5. The summed E-state index contributed by atoms with van der Waals surface area (Å²) in [5.41, 5.74) is 3.93. The van der Waals surface area contributed by atoms with Gasteiger partial charge in [-0.2, -0.15) is 0 Å². The van der Waals surface area contributed by atoms with Crippen LogP contribution in [-0.4, -0.2) is 43.8 Å². The molecule has 0 spiro atoms. The Balaban J connectivity index is 1.57. The summed E-state index contributed by atoms with van der Waals surface area (Å²) in [6, 6.07) is 31.9. The second-order valence-electron chi connectivity index (χ2n) is 11.8. The fourth-order valence-electron chi connectivity index (χ4n) is 5.97. The van der Waals surface area contributed by atoms with Crippen molar-refractivity contribution in [1.82, 2.24) is 10.2 Å². The number of carbonyl (C=O) groups is 2. The Labute approximate surface area is 266 Å². The molecule has 0 aliphatic heterocycles. The van der Waals surface area contributed by atoms with Crippen molar-refractivity contribution in [2.75, 3.05) is 10.8 Å². The number of carbonyl (C=O) groups excluding carboxylic acids is 2. The average Bonchev–Trinajstić information content (AvgIpc) is 3.56. The van der Waals surface area contributed by atoms with Gasteiger partial charge in [0, 0.05) is 19.0 Å². The standard InChI is InChI=1S/C37H41N3O4S/c1-28-15-9-11-19-31(28)26-39(35(25-30-17-5-3-6-18-30)37(42)38-32-20-12-13-21-32)36(41)27-40(34-24-14-10-16-29(34)2)45(43,44)33-22-7-4-8-23-33/h3-11,14-19,22-24,32,35H,12-13,20-21,25-27H2,1-2H3,(H,38,42)/t35-/m1/s1. The monoisotopic (exact) mass is 623 g/mol. The molecule has 0 bridgehead atoms. The third-order valence-corrected chi connectivity index (χ3v) is 10.3. The van der Waals surface area contributed by atoms with Crippen LogP contribution in [0.2, 0.25) is 0 Å². The van der Waals surface area contributed by atoms with E-state index in [0.29, 0.717) is 12.1 Å². The third kappa shape index (κ3) is 7.81. The van der Waals surface area contributed by atoms with Gasteiger partial charge in [0.2, 0.25) is 11.8 Å². The van der Waals surface area contributed by atoms with Crippen LogP contribution >= 0.6 is 0 Å². The van der Waals surface area contributed by atoms with Gasteiger partial charge in [-0.15, -0.1) is 0 Å². The number of rotatable bonds is 12. The molecule has 7 nitrogen and oxygen atoms in total. The van der Waals surface area contributed by atoms with Crippen LogP contribution in [0.25, 0.3) is 0 Å². The van der Waals surface area contributed by atoms with E-state index in [1.165, 1.54) is 16.4 Å². The molecule has 1 aliphatic carbocycles. The molecule has 45 heavy (non-hydrogen) atoms. The van der Waals surface area contributed by atoms with Crippen molar-refractivity contribution in [3.05, 3.63) is 131 Å². The molecule has 1 saturated carbocycles. The fourth-order valence-corrected chi connectivity index (χ4v) is 7.47. The molecule has 1 atom stereocenters. The third-order valence-electron chi connectivity index (χ3n) is 8.57. The zero-order valence-corrected chi connectivity index (χ0v) is 26.7. The molecule has 5 rings (SSSR count). The molecular weight excluding hydrogens is 582 g/mol. The minimum Gasteiger partial charge on any atom is -0.352 e. The first-order valence-corrected chi connectivity index (χ1v) is 17.0. The fraction of sp³-hybridized carbons (Fsp3) is 0.297. The summed E-state index contributed by atoms with van der Waals surface area (Å²) in [5, 5.41) is 3.22. The first kappa shape index (κ1) is 32.0. The van der Waals surface area contributed by atoms with E-state index in [4.69, 9.17) is 0 Å². The molecule has 0 unspecified atom stereocenters. The molecular formula is C37H41N3O4S. The molecule has 234 valence electrons. The Hall–Kier alpha value is -4.43. The van der Waals surface area contributed by atoms with E-state index in [0.717, 1.165) is 47.9 Å². The van der Waals surface area contributed by atoms with Crippen LogP contribution in [-0.2, 0) is 32.6 Å². The summed E-state index contributed by atoms with van der Waals surface area (Å²) in [6.45, 7) is 3.50. The van der Waals surface area contributed by atoms with Crippen molar-refractivity contribution < 1.29 is 18.0 Å². The lowest BCUT2D eigenvalue weighted by Gasteiger charge is -2.35. The van der Waals surface area contributed by atoms with Crippen LogP contribution in [0, 0.1) is 13.8 Å². The van der Waals surface area contributed by atoms with Gasteiger partial charge >= 0.3 is 0 Å².